The first-order valence-electron chi connectivity index (χ1n) is 5.58. The van der Waals surface area contributed by atoms with E-state index in [2.05, 4.69) is 43.3 Å². The number of fused-ring (bicyclic) bond motifs is 1. The zero-order chi connectivity index (χ0) is 10.4. The zero-order valence-corrected chi connectivity index (χ0v) is 9.05. The van der Waals surface area contributed by atoms with Crippen molar-refractivity contribution in [1.29, 1.82) is 0 Å². The molecule has 1 fully saturated rings. The Bertz CT molecular complexity index is 398. The fourth-order valence-corrected chi connectivity index (χ4v) is 2.71. The van der Waals surface area contributed by atoms with E-state index in [1.54, 1.807) is 0 Å². The molecule has 1 aromatic rings. The summed E-state index contributed by atoms with van der Waals surface area (Å²) in [4.78, 5) is 5.49. The van der Waals surface area contributed by atoms with Crippen molar-refractivity contribution in [1.82, 2.24) is 0 Å². The van der Waals surface area contributed by atoms with E-state index in [-0.39, 0.29) is 0 Å². The second-order valence-electron chi connectivity index (χ2n) is 4.66. The Labute approximate surface area is 89.9 Å². The number of benzene rings is 1. The summed E-state index contributed by atoms with van der Waals surface area (Å²) in [5, 5.41) is 4.25. The van der Waals surface area contributed by atoms with Gasteiger partial charge in [0.1, 0.15) is 6.10 Å². The molecular weight excluding hydrogens is 186 g/mol. The number of oxime groups is 1. The van der Waals surface area contributed by atoms with E-state index in [0.717, 1.165) is 5.71 Å². The van der Waals surface area contributed by atoms with Crippen molar-refractivity contribution in [3.05, 3.63) is 35.9 Å². The topological polar surface area (TPSA) is 21.6 Å². The molecule has 4 atom stereocenters. The molecule has 2 nitrogen and oxygen atoms in total. The van der Waals surface area contributed by atoms with E-state index < -0.39 is 0 Å². The quantitative estimate of drug-likeness (QED) is 0.684. The second-order valence-corrected chi connectivity index (χ2v) is 4.66. The van der Waals surface area contributed by atoms with Crippen LogP contribution < -0.4 is 0 Å². The van der Waals surface area contributed by atoms with E-state index in [1.165, 1.54) is 5.56 Å². The van der Waals surface area contributed by atoms with Crippen molar-refractivity contribution >= 4 is 5.71 Å². The van der Waals surface area contributed by atoms with E-state index >= 15 is 0 Å². The van der Waals surface area contributed by atoms with Crippen molar-refractivity contribution in [2.45, 2.75) is 20.0 Å². The number of nitrogens with zero attached hydrogens (tertiary/aromatic N) is 1. The second kappa shape index (κ2) is 3.09. The lowest BCUT2D eigenvalue weighted by Gasteiger charge is -2.42. The van der Waals surface area contributed by atoms with Crippen LogP contribution in [0.1, 0.15) is 19.4 Å². The largest absolute Gasteiger partial charge is 0.391 e. The average Bonchev–Trinajstić information content (AvgIpc) is 2.70. The highest BCUT2D eigenvalue weighted by molar-refractivity contribution is 6.03. The molecule has 0 unspecified atom stereocenters. The molecule has 1 aliphatic heterocycles. The zero-order valence-electron chi connectivity index (χ0n) is 9.05. The molecular formula is C13H15NO. The van der Waals surface area contributed by atoms with Gasteiger partial charge in [-0.05, 0) is 17.4 Å². The molecule has 1 aromatic carbocycles. The van der Waals surface area contributed by atoms with Crippen LogP contribution in [0, 0.1) is 17.8 Å². The van der Waals surface area contributed by atoms with Crippen molar-refractivity contribution < 1.29 is 4.84 Å². The Morgan fingerprint density at radius 1 is 1.07 bits per heavy atom. The summed E-state index contributed by atoms with van der Waals surface area (Å²) in [6.07, 6.45) is 0.329. The highest BCUT2D eigenvalue weighted by Gasteiger charge is 2.53. The fourth-order valence-electron chi connectivity index (χ4n) is 2.71. The maximum atomic E-state index is 5.49. The van der Waals surface area contributed by atoms with Gasteiger partial charge in [0.15, 0.2) is 0 Å². The predicted molar refractivity (Wildman–Crippen MR) is 59.7 cm³/mol. The molecule has 0 spiro atoms. The average molecular weight is 201 g/mol. The Morgan fingerprint density at radius 3 is 2.53 bits per heavy atom. The Balaban J connectivity index is 1.91. The van der Waals surface area contributed by atoms with Crippen LogP contribution in [-0.4, -0.2) is 11.8 Å². The fraction of sp³-hybridized carbons (Fsp3) is 0.462. The molecule has 15 heavy (non-hydrogen) atoms. The van der Waals surface area contributed by atoms with Crippen LogP contribution in [-0.2, 0) is 4.84 Å². The van der Waals surface area contributed by atoms with Gasteiger partial charge < -0.3 is 4.84 Å². The van der Waals surface area contributed by atoms with Crippen LogP contribution in [0.4, 0.5) is 0 Å². The van der Waals surface area contributed by atoms with E-state index in [0.29, 0.717) is 23.9 Å². The van der Waals surface area contributed by atoms with Gasteiger partial charge in [0.05, 0.1) is 5.71 Å². The molecule has 0 radical (unpaired) electrons. The SMILES string of the molecule is C[C@@H]1[C@H](C)[C@@H]2C(c3ccccc3)=NO[C@H]12. The van der Waals surface area contributed by atoms with Crippen LogP contribution >= 0.6 is 0 Å². The van der Waals surface area contributed by atoms with Gasteiger partial charge in [0.25, 0.3) is 0 Å². The molecule has 3 rings (SSSR count). The van der Waals surface area contributed by atoms with Crippen LogP contribution in [0.5, 0.6) is 0 Å². The number of hydrogen-bond donors (Lipinski definition) is 0. The summed E-state index contributed by atoms with van der Waals surface area (Å²) in [7, 11) is 0. The van der Waals surface area contributed by atoms with Gasteiger partial charge in [-0.3, -0.25) is 0 Å². The third-order valence-corrected chi connectivity index (χ3v) is 3.93. The summed E-state index contributed by atoms with van der Waals surface area (Å²) in [6, 6.07) is 10.4. The van der Waals surface area contributed by atoms with Gasteiger partial charge in [-0.1, -0.05) is 49.3 Å². The highest BCUT2D eigenvalue weighted by atomic mass is 16.6. The van der Waals surface area contributed by atoms with Crippen LogP contribution in [0.2, 0.25) is 0 Å². The molecule has 0 saturated heterocycles. The summed E-state index contributed by atoms with van der Waals surface area (Å²) in [5.41, 5.74) is 2.36. The monoisotopic (exact) mass is 201 g/mol. The Morgan fingerprint density at radius 2 is 1.80 bits per heavy atom. The van der Waals surface area contributed by atoms with Gasteiger partial charge in [-0.15, -0.1) is 0 Å². The first-order chi connectivity index (χ1) is 7.29. The highest BCUT2D eigenvalue weighted by Crippen LogP contribution is 2.47. The minimum atomic E-state index is 0.329. The van der Waals surface area contributed by atoms with E-state index in [1.807, 2.05) is 6.07 Å². The first kappa shape index (κ1) is 8.96. The molecule has 78 valence electrons. The maximum absolute atomic E-state index is 5.49. The molecule has 1 aliphatic carbocycles. The van der Waals surface area contributed by atoms with Gasteiger partial charge in [0.2, 0.25) is 0 Å². The summed E-state index contributed by atoms with van der Waals surface area (Å²) >= 11 is 0. The predicted octanol–water partition coefficient (Wildman–Crippen LogP) is 2.69. The molecule has 0 amide bonds. The lowest BCUT2D eigenvalue weighted by atomic mass is 9.62. The maximum Gasteiger partial charge on any atom is 0.139 e. The van der Waals surface area contributed by atoms with E-state index in [9.17, 15) is 0 Å². The van der Waals surface area contributed by atoms with Crippen molar-refractivity contribution in [2.75, 3.05) is 0 Å². The van der Waals surface area contributed by atoms with Gasteiger partial charge in [0, 0.05) is 5.92 Å². The number of rotatable bonds is 1. The third-order valence-electron chi connectivity index (χ3n) is 3.93. The normalized spacial score (nSPS) is 37.6. The molecule has 0 aromatic heterocycles. The number of hydrogen-bond acceptors (Lipinski definition) is 2. The molecule has 0 N–H and O–H groups in total. The van der Waals surface area contributed by atoms with Gasteiger partial charge in [-0.2, -0.15) is 0 Å². The van der Waals surface area contributed by atoms with E-state index in [4.69, 9.17) is 4.84 Å². The molecule has 1 heterocycles. The van der Waals surface area contributed by atoms with Gasteiger partial charge in [-0.25, -0.2) is 0 Å². The summed E-state index contributed by atoms with van der Waals surface area (Å²) in [6.45, 7) is 4.54. The van der Waals surface area contributed by atoms with Crippen LogP contribution in [0.15, 0.2) is 35.5 Å². The van der Waals surface area contributed by atoms with Crippen molar-refractivity contribution in [3.8, 4) is 0 Å². The summed E-state index contributed by atoms with van der Waals surface area (Å²) < 4.78 is 0. The molecule has 0 bridgehead atoms. The smallest absolute Gasteiger partial charge is 0.139 e. The minimum absolute atomic E-state index is 0.329. The Kier molecular flexibility index (Phi) is 1.84. The van der Waals surface area contributed by atoms with Crippen molar-refractivity contribution in [3.63, 3.8) is 0 Å². The molecule has 1 saturated carbocycles. The Hall–Kier alpha value is -1.31. The first-order valence-corrected chi connectivity index (χ1v) is 5.58. The third kappa shape index (κ3) is 1.14. The summed E-state index contributed by atoms with van der Waals surface area (Å²) in [5.74, 6) is 1.85. The van der Waals surface area contributed by atoms with Crippen LogP contribution in [0.25, 0.3) is 0 Å². The van der Waals surface area contributed by atoms with Gasteiger partial charge >= 0.3 is 0 Å². The molecule has 2 aliphatic rings. The standard InChI is InChI=1S/C13H15NO/c1-8-9(2)13-11(8)12(14-15-13)10-6-4-3-5-7-10/h3-9,11,13H,1-2H3/t8-,9+,11+,13+/m0/s1. The lowest BCUT2D eigenvalue weighted by Crippen LogP contribution is -2.49. The van der Waals surface area contributed by atoms with Crippen LogP contribution in [0.3, 0.4) is 0 Å². The lowest BCUT2D eigenvalue weighted by molar-refractivity contribution is -0.0758. The van der Waals surface area contributed by atoms with Crippen molar-refractivity contribution in [2.24, 2.45) is 22.9 Å². The minimum Gasteiger partial charge on any atom is -0.391 e. The molecule has 2 heteroatoms.